The zero-order valence-electron chi connectivity index (χ0n) is 19.4. The number of ether oxygens (including phenoxy) is 1. The number of para-hydroxylation sites is 1. The van der Waals surface area contributed by atoms with Gasteiger partial charge in [-0.3, -0.25) is 14.2 Å². The molecule has 170 valence electrons. The largest absolute Gasteiger partial charge is 0.465 e. The molecule has 0 saturated heterocycles. The van der Waals surface area contributed by atoms with Gasteiger partial charge < -0.3 is 4.74 Å². The summed E-state index contributed by atoms with van der Waals surface area (Å²) in [5.41, 5.74) is 3.17. The first-order chi connectivity index (χ1) is 15.2. The molecule has 0 unspecified atom stereocenters. The van der Waals surface area contributed by atoms with Crippen LogP contribution in [0.4, 0.5) is 0 Å². The molecule has 4 rings (SSSR count). The molecule has 0 N–H and O–H groups in total. The lowest BCUT2D eigenvalue weighted by Crippen LogP contribution is -2.27. The molecular formula is C25H30N2O3S2. The zero-order valence-corrected chi connectivity index (χ0v) is 21.0. The van der Waals surface area contributed by atoms with Gasteiger partial charge in [-0.15, -0.1) is 11.3 Å². The second-order valence-corrected chi connectivity index (χ2v) is 11.4. The maximum atomic E-state index is 13.9. The molecule has 1 aromatic carbocycles. The van der Waals surface area contributed by atoms with Gasteiger partial charge in [-0.25, -0.2) is 4.98 Å². The molecule has 2 heterocycles. The fourth-order valence-electron chi connectivity index (χ4n) is 4.40. The number of fused-ring (bicyclic) bond motifs is 3. The Bertz CT molecular complexity index is 1220. The first-order valence-corrected chi connectivity index (χ1v) is 12.9. The lowest BCUT2D eigenvalue weighted by atomic mass is 9.72. The van der Waals surface area contributed by atoms with Gasteiger partial charge in [0.25, 0.3) is 5.56 Å². The number of carbonyl (C=O) groups excluding carboxylic acids is 1. The van der Waals surface area contributed by atoms with Crippen LogP contribution in [0, 0.1) is 18.3 Å². The van der Waals surface area contributed by atoms with Crippen molar-refractivity contribution >= 4 is 39.3 Å². The van der Waals surface area contributed by atoms with Crippen molar-refractivity contribution in [3.8, 4) is 5.69 Å². The fourth-order valence-corrected chi connectivity index (χ4v) is 6.54. The highest BCUT2D eigenvalue weighted by Crippen LogP contribution is 2.42. The van der Waals surface area contributed by atoms with Gasteiger partial charge in [-0.1, -0.05) is 50.7 Å². The predicted octanol–water partition coefficient (Wildman–Crippen LogP) is 5.56. The summed E-state index contributed by atoms with van der Waals surface area (Å²) in [6.07, 6.45) is 3.00. The highest BCUT2D eigenvalue weighted by atomic mass is 32.2. The summed E-state index contributed by atoms with van der Waals surface area (Å²) in [6, 6.07) is 7.81. The summed E-state index contributed by atoms with van der Waals surface area (Å²) in [7, 11) is 0. The quantitative estimate of drug-likeness (QED) is 0.277. The van der Waals surface area contributed by atoms with E-state index in [1.807, 2.05) is 31.2 Å². The van der Waals surface area contributed by atoms with Crippen LogP contribution in [0.5, 0.6) is 0 Å². The van der Waals surface area contributed by atoms with Gasteiger partial charge in [0.1, 0.15) is 4.83 Å². The number of esters is 1. The van der Waals surface area contributed by atoms with Crippen LogP contribution in [0.1, 0.15) is 50.1 Å². The molecule has 0 spiro atoms. The van der Waals surface area contributed by atoms with Gasteiger partial charge >= 0.3 is 5.97 Å². The summed E-state index contributed by atoms with van der Waals surface area (Å²) in [4.78, 5) is 32.9. The number of aromatic nitrogens is 2. The van der Waals surface area contributed by atoms with Gasteiger partial charge in [0.15, 0.2) is 5.16 Å². The van der Waals surface area contributed by atoms with E-state index in [0.717, 1.165) is 40.7 Å². The van der Waals surface area contributed by atoms with E-state index in [-0.39, 0.29) is 22.7 Å². The third-order valence-corrected chi connectivity index (χ3v) is 8.32. The minimum Gasteiger partial charge on any atom is -0.465 e. The molecule has 32 heavy (non-hydrogen) atoms. The van der Waals surface area contributed by atoms with Crippen LogP contribution in [-0.4, -0.2) is 27.9 Å². The summed E-state index contributed by atoms with van der Waals surface area (Å²) >= 11 is 2.91. The van der Waals surface area contributed by atoms with Crippen LogP contribution in [0.25, 0.3) is 15.9 Å². The van der Waals surface area contributed by atoms with Crippen molar-refractivity contribution in [1.82, 2.24) is 9.55 Å². The minimum absolute atomic E-state index is 0.0395. The van der Waals surface area contributed by atoms with Gasteiger partial charge in [-0.2, -0.15) is 0 Å². The van der Waals surface area contributed by atoms with Crippen molar-refractivity contribution in [2.75, 3.05) is 12.4 Å². The van der Waals surface area contributed by atoms with Gasteiger partial charge in [0, 0.05) is 4.88 Å². The van der Waals surface area contributed by atoms with E-state index in [2.05, 4.69) is 20.8 Å². The lowest BCUT2D eigenvalue weighted by Gasteiger charge is -2.33. The van der Waals surface area contributed by atoms with Crippen molar-refractivity contribution in [2.45, 2.75) is 59.0 Å². The number of carbonyl (C=O) groups is 1. The van der Waals surface area contributed by atoms with E-state index in [0.29, 0.717) is 17.7 Å². The Kier molecular flexibility index (Phi) is 6.50. The molecule has 0 saturated carbocycles. The zero-order chi connectivity index (χ0) is 23.0. The predicted molar refractivity (Wildman–Crippen MR) is 132 cm³/mol. The normalized spacial score (nSPS) is 16.2. The summed E-state index contributed by atoms with van der Waals surface area (Å²) in [6.45, 7) is 11.0. The van der Waals surface area contributed by atoms with Crippen molar-refractivity contribution in [3.63, 3.8) is 0 Å². The molecule has 2 aromatic heterocycles. The van der Waals surface area contributed by atoms with E-state index in [9.17, 15) is 9.59 Å². The first kappa shape index (κ1) is 23.1. The number of hydrogen-bond donors (Lipinski definition) is 0. The molecule has 5 nitrogen and oxygen atoms in total. The maximum Gasteiger partial charge on any atom is 0.316 e. The average Bonchev–Trinajstić information content (AvgIpc) is 3.10. The summed E-state index contributed by atoms with van der Waals surface area (Å²) in [5, 5.41) is 1.29. The molecular weight excluding hydrogens is 440 g/mol. The molecule has 1 aliphatic rings. The van der Waals surface area contributed by atoms with Crippen LogP contribution in [0.2, 0.25) is 0 Å². The first-order valence-electron chi connectivity index (χ1n) is 11.1. The average molecular weight is 471 g/mol. The van der Waals surface area contributed by atoms with E-state index in [1.54, 1.807) is 22.8 Å². The molecule has 0 radical (unpaired) electrons. The molecule has 0 fully saturated rings. The topological polar surface area (TPSA) is 61.2 Å². The molecule has 3 aromatic rings. The van der Waals surface area contributed by atoms with Crippen molar-refractivity contribution < 1.29 is 9.53 Å². The highest BCUT2D eigenvalue weighted by Gasteiger charge is 2.32. The van der Waals surface area contributed by atoms with E-state index >= 15 is 0 Å². The number of rotatable bonds is 5. The monoisotopic (exact) mass is 470 g/mol. The SMILES string of the molecule is CCOC(=O)CSc1nc2sc3c(c2c(=O)n1-c1ccccc1C)CC[C@@H](C(C)(C)C)C3. The van der Waals surface area contributed by atoms with Crippen LogP contribution >= 0.6 is 23.1 Å². The Morgan fingerprint density at radius 2 is 2.06 bits per heavy atom. The van der Waals surface area contributed by atoms with E-state index in [1.165, 1.54) is 22.2 Å². The van der Waals surface area contributed by atoms with Crippen LogP contribution in [0.3, 0.4) is 0 Å². The Balaban J connectivity index is 1.86. The minimum atomic E-state index is -0.304. The molecule has 0 aliphatic heterocycles. The van der Waals surface area contributed by atoms with Gasteiger partial charge in [-0.05, 0) is 61.6 Å². The van der Waals surface area contributed by atoms with Crippen LogP contribution < -0.4 is 5.56 Å². The van der Waals surface area contributed by atoms with Gasteiger partial charge in [0.2, 0.25) is 0 Å². The fraction of sp³-hybridized carbons (Fsp3) is 0.480. The number of thiophene rings is 1. The molecule has 7 heteroatoms. The number of nitrogens with zero attached hydrogens (tertiary/aromatic N) is 2. The van der Waals surface area contributed by atoms with Gasteiger partial charge in [0.05, 0.1) is 23.4 Å². The number of aryl methyl sites for hydroxylation is 2. The highest BCUT2D eigenvalue weighted by molar-refractivity contribution is 7.99. The maximum absolute atomic E-state index is 13.9. The van der Waals surface area contributed by atoms with Crippen molar-refractivity contribution in [1.29, 1.82) is 0 Å². The summed E-state index contributed by atoms with van der Waals surface area (Å²) in [5.74, 6) is 0.412. The smallest absolute Gasteiger partial charge is 0.316 e. The number of thioether (sulfide) groups is 1. The van der Waals surface area contributed by atoms with Crippen LogP contribution in [-0.2, 0) is 22.4 Å². The Labute approximate surface area is 197 Å². The van der Waals surface area contributed by atoms with Crippen molar-refractivity contribution in [2.24, 2.45) is 11.3 Å². The van der Waals surface area contributed by atoms with E-state index < -0.39 is 0 Å². The summed E-state index contributed by atoms with van der Waals surface area (Å²) < 4.78 is 6.77. The van der Waals surface area contributed by atoms with Crippen LogP contribution in [0.15, 0.2) is 34.2 Å². The van der Waals surface area contributed by atoms with E-state index in [4.69, 9.17) is 9.72 Å². The molecule has 0 bridgehead atoms. The number of hydrogen-bond acceptors (Lipinski definition) is 6. The standard InChI is InChI=1S/C25H30N2O3S2/c1-6-30-20(28)14-31-24-26-22-21(23(29)27(24)18-10-8-7-9-15(18)2)17-12-11-16(25(3,4)5)13-19(17)32-22/h7-10,16H,6,11-14H2,1-5H3/t16-/m1/s1. The number of benzene rings is 1. The second-order valence-electron chi connectivity index (χ2n) is 9.40. The Hall–Kier alpha value is -2.12. The molecule has 0 amide bonds. The molecule has 1 aliphatic carbocycles. The molecule has 1 atom stereocenters. The third kappa shape index (κ3) is 4.37. The lowest BCUT2D eigenvalue weighted by molar-refractivity contribution is -0.139. The van der Waals surface area contributed by atoms with Crippen molar-refractivity contribution in [3.05, 3.63) is 50.6 Å². The second kappa shape index (κ2) is 9.02. The third-order valence-electron chi connectivity index (χ3n) is 6.26. The Morgan fingerprint density at radius 3 is 2.75 bits per heavy atom. The Morgan fingerprint density at radius 1 is 1.31 bits per heavy atom.